The zero-order chi connectivity index (χ0) is 23.8. The first-order chi connectivity index (χ1) is 16.5. The molecule has 0 bridgehead atoms. The normalized spacial score (nSPS) is 17.6. The molecule has 0 radical (unpaired) electrons. The van der Waals surface area contributed by atoms with E-state index in [-0.39, 0.29) is 11.3 Å². The van der Waals surface area contributed by atoms with Gasteiger partial charge in [-0.25, -0.2) is 4.98 Å². The lowest BCUT2D eigenvalue weighted by atomic mass is 9.95. The van der Waals surface area contributed by atoms with Crippen molar-refractivity contribution < 1.29 is 14.7 Å². The zero-order valence-electron chi connectivity index (χ0n) is 19.1. The van der Waals surface area contributed by atoms with Crippen LogP contribution in [0.15, 0.2) is 84.6 Å². The van der Waals surface area contributed by atoms with E-state index < -0.39 is 17.7 Å². The summed E-state index contributed by atoms with van der Waals surface area (Å²) in [5.74, 6) is -1.49. The predicted molar refractivity (Wildman–Crippen MR) is 130 cm³/mol. The van der Waals surface area contributed by atoms with Gasteiger partial charge in [-0.05, 0) is 43.5 Å². The molecule has 6 nitrogen and oxygen atoms in total. The number of ketones is 1. The number of aliphatic hydroxyl groups is 1. The van der Waals surface area contributed by atoms with Gasteiger partial charge in [-0.3, -0.25) is 14.0 Å². The van der Waals surface area contributed by atoms with Crippen molar-refractivity contribution in [3.8, 4) is 0 Å². The van der Waals surface area contributed by atoms with E-state index in [1.807, 2.05) is 79.7 Å². The summed E-state index contributed by atoms with van der Waals surface area (Å²) in [6, 6.07) is 22.4. The van der Waals surface area contributed by atoms with Gasteiger partial charge in [0.15, 0.2) is 5.76 Å². The molecule has 1 aliphatic rings. The Kier molecular flexibility index (Phi) is 5.49. The van der Waals surface area contributed by atoms with Crippen LogP contribution in [-0.2, 0) is 16.0 Å². The lowest BCUT2D eigenvalue weighted by Crippen LogP contribution is -2.31. The molecular weight excluding hydrogens is 426 g/mol. The number of nitrogens with zero attached hydrogens (tertiary/aromatic N) is 3. The second kappa shape index (κ2) is 8.63. The Balaban J connectivity index is 1.65. The Hall–Kier alpha value is -4.19. The Morgan fingerprint density at radius 2 is 1.65 bits per heavy atom. The molecule has 3 heterocycles. The van der Waals surface area contributed by atoms with Crippen molar-refractivity contribution in [2.24, 2.45) is 0 Å². The van der Waals surface area contributed by atoms with Crippen molar-refractivity contribution in [3.05, 3.63) is 113 Å². The number of imidazole rings is 1. The summed E-state index contributed by atoms with van der Waals surface area (Å²) in [5.41, 5.74) is 4.69. The highest BCUT2D eigenvalue weighted by Gasteiger charge is 2.46. The van der Waals surface area contributed by atoms with Gasteiger partial charge in [-0.2, -0.15) is 0 Å². The van der Waals surface area contributed by atoms with Crippen LogP contribution in [0.5, 0.6) is 0 Å². The number of hydrogen-bond acceptors (Lipinski definition) is 4. The molecule has 1 saturated heterocycles. The smallest absolute Gasteiger partial charge is 0.295 e. The first-order valence-electron chi connectivity index (χ1n) is 11.3. The number of aliphatic hydroxyl groups excluding tert-OH is 1. The summed E-state index contributed by atoms with van der Waals surface area (Å²) >= 11 is 0. The van der Waals surface area contributed by atoms with Crippen molar-refractivity contribution in [2.75, 3.05) is 6.54 Å². The maximum atomic E-state index is 13.3. The van der Waals surface area contributed by atoms with Crippen LogP contribution in [0.2, 0.25) is 0 Å². The molecule has 6 heteroatoms. The Morgan fingerprint density at radius 3 is 2.38 bits per heavy atom. The van der Waals surface area contributed by atoms with Gasteiger partial charge in [0.1, 0.15) is 11.3 Å². The van der Waals surface area contributed by atoms with Crippen molar-refractivity contribution in [3.63, 3.8) is 0 Å². The zero-order valence-corrected chi connectivity index (χ0v) is 19.1. The van der Waals surface area contributed by atoms with Crippen LogP contribution in [-0.4, -0.2) is 37.6 Å². The van der Waals surface area contributed by atoms with Crippen LogP contribution in [0.4, 0.5) is 0 Å². The van der Waals surface area contributed by atoms with E-state index in [1.54, 1.807) is 22.4 Å². The maximum absolute atomic E-state index is 13.3. The highest BCUT2D eigenvalue weighted by molar-refractivity contribution is 6.46. The summed E-state index contributed by atoms with van der Waals surface area (Å²) < 4.78 is 1.74. The van der Waals surface area contributed by atoms with Gasteiger partial charge < -0.3 is 10.0 Å². The third-order valence-electron chi connectivity index (χ3n) is 6.35. The topological polar surface area (TPSA) is 74.9 Å². The Bertz CT molecular complexity index is 1420. The number of aromatic nitrogens is 2. The second-order valence-electron chi connectivity index (χ2n) is 8.61. The van der Waals surface area contributed by atoms with E-state index in [2.05, 4.69) is 4.98 Å². The van der Waals surface area contributed by atoms with Gasteiger partial charge in [0.05, 0.1) is 17.3 Å². The highest BCUT2D eigenvalue weighted by atomic mass is 16.3. The number of carbonyl (C=O) groups is 2. The molecule has 1 amide bonds. The van der Waals surface area contributed by atoms with Crippen LogP contribution in [0, 0.1) is 13.8 Å². The van der Waals surface area contributed by atoms with E-state index in [0.29, 0.717) is 30.0 Å². The average molecular weight is 452 g/mol. The third kappa shape index (κ3) is 3.67. The van der Waals surface area contributed by atoms with Gasteiger partial charge in [-0.15, -0.1) is 0 Å². The van der Waals surface area contributed by atoms with E-state index in [9.17, 15) is 14.7 Å². The monoisotopic (exact) mass is 451 g/mol. The third-order valence-corrected chi connectivity index (χ3v) is 6.35. The fraction of sp³-hybridized carbons (Fsp3) is 0.179. The summed E-state index contributed by atoms with van der Waals surface area (Å²) in [6.07, 6.45) is 2.39. The molecule has 4 aromatic rings. The van der Waals surface area contributed by atoms with Gasteiger partial charge in [0.25, 0.3) is 11.7 Å². The van der Waals surface area contributed by atoms with Crippen molar-refractivity contribution in [1.29, 1.82) is 0 Å². The number of rotatable bonds is 5. The average Bonchev–Trinajstić information content (AvgIpc) is 3.31. The molecule has 0 saturated carbocycles. The van der Waals surface area contributed by atoms with Crippen molar-refractivity contribution in [2.45, 2.75) is 26.3 Å². The summed E-state index contributed by atoms with van der Waals surface area (Å²) in [5, 5.41) is 11.5. The van der Waals surface area contributed by atoms with Crippen molar-refractivity contribution in [1.82, 2.24) is 14.3 Å². The van der Waals surface area contributed by atoms with E-state index in [4.69, 9.17) is 0 Å². The molecule has 1 unspecified atom stereocenters. The first kappa shape index (κ1) is 21.6. The lowest BCUT2D eigenvalue weighted by Gasteiger charge is -2.25. The minimum Gasteiger partial charge on any atom is -0.505 e. The van der Waals surface area contributed by atoms with Crippen LogP contribution >= 0.6 is 0 Å². The molecule has 0 aliphatic carbocycles. The molecule has 1 N–H and O–H groups in total. The van der Waals surface area contributed by atoms with E-state index >= 15 is 0 Å². The van der Waals surface area contributed by atoms with Crippen LogP contribution in [0.25, 0.3) is 11.4 Å². The fourth-order valence-corrected chi connectivity index (χ4v) is 4.63. The fourth-order valence-electron chi connectivity index (χ4n) is 4.63. The number of aryl methyl sites for hydroxylation is 2. The van der Waals surface area contributed by atoms with Crippen molar-refractivity contribution >= 4 is 23.1 Å². The molecular formula is C28H25N3O3. The molecule has 170 valence electrons. The van der Waals surface area contributed by atoms with Crippen LogP contribution in [0.1, 0.15) is 34.1 Å². The Labute approximate surface area is 197 Å². The molecule has 1 fully saturated rings. The van der Waals surface area contributed by atoms with E-state index in [0.717, 1.165) is 16.7 Å². The number of Topliss-reactive ketones (excluding diaryl/α,β-unsaturated/α-hetero) is 1. The summed E-state index contributed by atoms with van der Waals surface area (Å²) in [6.45, 7) is 4.13. The van der Waals surface area contributed by atoms with Crippen LogP contribution in [0.3, 0.4) is 0 Å². The van der Waals surface area contributed by atoms with Crippen LogP contribution < -0.4 is 0 Å². The van der Waals surface area contributed by atoms with Gasteiger partial charge in [-0.1, -0.05) is 66.2 Å². The number of pyridine rings is 1. The number of amides is 1. The van der Waals surface area contributed by atoms with Gasteiger partial charge >= 0.3 is 0 Å². The second-order valence-corrected chi connectivity index (χ2v) is 8.61. The minimum atomic E-state index is -0.682. The summed E-state index contributed by atoms with van der Waals surface area (Å²) in [4.78, 5) is 32.6. The maximum Gasteiger partial charge on any atom is 0.295 e. The van der Waals surface area contributed by atoms with Gasteiger partial charge in [0, 0.05) is 12.7 Å². The molecule has 2 aromatic heterocycles. The van der Waals surface area contributed by atoms with E-state index in [1.165, 1.54) is 0 Å². The molecule has 2 aromatic carbocycles. The molecule has 1 atom stereocenters. The number of benzene rings is 2. The molecule has 34 heavy (non-hydrogen) atoms. The standard InChI is InChI=1S/C28H25N3O3/c1-18-11-13-21(14-12-18)25-23(26(32)24-19(2)29-22-10-6-7-16-30(22)24)27(33)28(34)31(25)17-15-20-8-4-3-5-9-20/h3-14,16,25,32H,15,17H2,1-2H3/b26-23+. The first-order valence-corrected chi connectivity index (χ1v) is 11.3. The minimum absolute atomic E-state index is 0.0932. The number of carbonyl (C=O) groups excluding carboxylic acids is 2. The molecule has 0 spiro atoms. The lowest BCUT2D eigenvalue weighted by molar-refractivity contribution is -0.139. The largest absolute Gasteiger partial charge is 0.505 e. The van der Waals surface area contributed by atoms with Gasteiger partial charge in [0.2, 0.25) is 0 Å². The number of hydrogen-bond donors (Lipinski definition) is 1. The SMILES string of the molecule is Cc1ccc(C2/C(=C(\O)c3c(C)nc4ccccn34)C(=O)C(=O)N2CCc2ccccc2)cc1. The summed E-state index contributed by atoms with van der Waals surface area (Å²) in [7, 11) is 0. The predicted octanol–water partition coefficient (Wildman–Crippen LogP) is 4.62. The Morgan fingerprint density at radius 1 is 0.941 bits per heavy atom. The number of likely N-dealkylation sites (tertiary alicyclic amines) is 1. The quantitative estimate of drug-likeness (QED) is 0.273. The highest BCUT2D eigenvalue weighted by Crippen LogP contribution is 2.40. The molecule has 5 rings (SSSR count). The number of fused-ring (bicyclic) bond motifs is 1. The molecule has 1 aliphatic heterocycles.